The first kappa shape index (κ1) is 17.1. The number of likely N-dealkylation sites (tertiary alicyclic amines) is 1. The van der Waals surface area contributed by atoms with Crippen LogP contribution in [-0.2, 0) is 23.5 Å². The molecule has 0 aliphatic carbocycles. The lowest BCUT2D eigenvalue weighted by Crippen LogP contribution is -2.31. The third-order valence-electron chi connectivity index (χ3n) is 4.56. The Bertz CT molecular complexity index is 805. The summed E-state index contributed by atoms with van der Waals surface area (Å²) in [5.41, 5.74) is 0.826. The third kappa shape index (κ3) is 3.82. The van der Waals surface area contributed by atoms with Crippen LogP contribution in [0.5, 0.6) is 0 Å². The van der Waals surface area contributed by atoms with Gasteiger partial charge in [0.25, 0.3) is 0 Å². The number of benzene rings is 1. The zero-order valence-electron chi connectivity index (χ0n) is 14.0. The van der Waals surface area contributed by atoms with Crippen LogP contribution in [-0.4, -0.2) is 48.2 Å². The zero-order chi connectivity index (χ0) is 17.3. The van der Waals surface area contributed by atoms with Gasteiger partial charge in [0.05, 0.1) is 4.90 Å². The first-order valence-corrected chi connectivity index (χ1v) is 9.59. The Balaban J connectivity index is 1.76. The molecule has 1 aromatic heterocycles. The van der Waals surface area contributed by atoms with Gasteiger partial charge < -0.3 is 4.90 Å². The van der Waals surface area contributed by atoms with Gasteiger partial charge in [0.2, 0.25) is 10.0 Å². The van der Waals surface area contributed by atoms with E-state index in [0.29, 0.717) is 5.92 Å². The lowest BCUT2D eigenvalue weighted by molar-refractivity contribution is 0.217. The lowest BCUT2D eigenvalue weighted by atomic mass is 9.94. The fourth-order valence-electron chi connectivity index (χ4n) is 3.09. The molecule has 24 heavy (non-hydrogen) atoms. The lowest BCUT2D eigenvalue weighted by Gasteiger charge is -2.28. The minimum absolute atomic E-state index is 0.0972. The highest BCUT2D eigenvalue weighted by atomic mass is 32.2. The predicted octanol–water partition coefficient (Wildman–Crippen LogP) is 1.01. The quantitative estimate of drug-likeness (QED) is 0.889. The second-order valence-electron chi connectivity index (χ2n) is 6.50. The van der Waals surface area contributed by atoms with Crippen LogP contribution in [0.15, 0.2) is 29.2 Å². The van der Waals surface area contributed by atoms with E-state index < -0.39 is 10.0 Å². The highest BCUT2D eigenvalue weighted by molar-refractivity contribution is 7.89. The number of rotatable bonds is 4. The highest BCUT2D eigenvalue weighted by Crippen LogP contribution is 2.22. The van der Waals surface area contributed by atoms with E-state index in [2.05, 4.69) is 22.0 Å². The number of aromatic nitrogens is 3. The number of nitrogens with zero attached hydrogens (tertiary/aromatic N) is 4. The number of primary sulfonamides is 1. The average molecular weight is 349 g/mol. The molecule has 2 aromatic rings. The maximum atomic E-state index is 11.3. The Kier molecular flexibility index (Phi) is 4.71. The van der Waals surface area contributed by atoms with Crippen molar-refractivity contribution in [3.8, 4) is 11.4 Å². The van der Waals surface area contributed by atoms with Gasteiger partial charge in [-0.05, 0) is 63.2 Å². The molecule has 1 saturated heterocycles. The van der Waals surface area contributed by atoms with Crippen LogP contribution in [0.1, 0.15) is 18.7 Å². The summed E-state index contributed by atoms with van der Waals surface area (Å²) in [4.78, 5) is 7.09. The number of hydrogen-bond donors (Lipinski definition) is 1. The van der Waals surface area contributed by atoms with Crippen molar-refractivity contribution in [1.82, 2.24) is 19.7 Å². The number of aryl methyl sites for hydroxylation is 1. The molecule has 7 nitrogen and oxygen atoms in total. The van der Waals surface area contributed by atoms with Crippen molar-refractivity contribution < 1.29 is 8.42 Å². The predicted molar refractivity (Wildman–Crippen MR) is 91.7 cm³/mol. The van der Waals surface area contributed by atoms with Crippen molar-refractivity contribution in [2.45, 2.75) is 24.2 Å². The van der Waals surface area contributed by atoms with Gasteiger partial charge in [0, 0.05) is 19.0 Å². The Morgan fingerprint density at radius 3 is 2.38 bits per heavy atom. The molecule has 0 unspecified atom stereocenters. The van der Waals surface area contributed by atoms with E-state index >= 15 is 0 Å². The van der Waals surface area contributed by atoms with Gasteiger partial charge in [0.1, 0.15) is 0 Å². The summed E-state index contributed by atoms with van der Waals surface area (Å²) in [6.45, 7) is 2.25. The van der Waals surface area contributed by atoms with E-state index in [0.717, 1.165) is 36.7 Å². The summed E-state index contributed by atoms with van der Waals surface area (Å²) in [5.74, 6) is 2.21. The Morgan fingerprint density at radius 2 is 1.79 bits per heavy atom. The fourth-order valence-corrected chi connectivity index (χ4v) is 3.61. The summed E-state index contributed by atoms with van der Waals surface area (Å²) in [5, 5.41) is 9.65. The van der Waals surface area contributed by atoms with Crippen LogP contribution in [0, 0.1) is 5.92 Å². The normalized spacial score (nSPS) is 17.3. The van der Waals surface area contributed by atoms with Crippen molar-refractivity contribution in [1.29, 1.82) is 0 Å². The first-order valence-electron chi connectivity index (χ1n) is 8.04. The molecule has 130 valence electrons. The highest BCUT2D eigenvalue weighted by Gasteiger charge is 2.20. The number of piperidine rings is 1. The molecule has 0 saturated carbocycles. The molecule has 0 atom stereocenters. The number of hydrogen-bond acceptors (Lipinski definition) is 5. The Morgan fingerprint density at radius 1 is 1.17 bits per heavy atom. The van der Waals surface area contributed by atoms with Crippen LogP contribution in [0.3, 0.4) is 0 Å². The molecule has 1 aliphatic heterocycles. The number of sulfonamides is 1. The van der Waals surface area contributed by atoms with Crippen LogP contribution in [0.4, 0.5) is 0 Å². The van der Waals surface area contributed by atoms with Gasteiger partial charge >= 0.3 is 0 Å². The average Bonchev–Trinajstić information content (AvgIpc) is 2.89. The summed E-state index contributed by atoms with van der Waals surface area (Å²) >= 11 is 0. The summed E-state index contributed by atoms with van der Waals surface area (Å²) < 4.78 is 24.4. The topological polar surface area (TPSA) is 94.1 Å². The van der Waals surface area contributed by atoms with Crippen molar-refractivity contribution in [3.05, 3.63) is 30.1 Å². The van der Waals surface area contributed by atoms with Gasteiger partial charge in [-0.15, -0.1) is 0 Å². The Hall–Kier alpha value is -1.77. The molecule has 1 fully saturated rings. The number of nitrogens with two attached hydrogens (primary N) is 1. The van der Waals surface area contributed by atoms with Crippen LogP contribution >= 0.6 is 0 Å². The molecule has 0 radical (unpaired) electrons. The smallest absolute Gasteiger partial charge is 0.238 e. The molecular weight excluding hydrogens is 326 g/mol. The summed E-state index contributed by atoms with van der Waals surface area (Å²) in [7, 11) is 0.329. The van der Waals surface area contributed by atoms with E-state index in [4.69, 9.17) is 5.14 Å². The minimum atomic E-state index is -3.68. The van der Waals surface area contributed by atoms with Crippen molar-refractivity contribution in [2.24, 2.45) is 18.1 Å². The van der Waals surface area contributed by atoms with Gasteiger partial charge in [-0.2, -0.15) is 5.10 Å². The van der Waals surface area contributed by atoms with Crippen molar-refractivity contribution >= 4 is 10.0 Å². The van der Waals surface area contributed by atoms with E-state index in [1.165, 1.54) is 25.0 Å². The molecule has 8 heteroatoms. The van der Waals surface area contributed by atoms with Crippen molar-refractivity contribution in [3.63, 3.8) is 0 Å². The van der Waals surface area contributed by atoms with Crippen LogP contribution in [0.25, 0.3) is 11.4 Å². The van der Waals surface area contributed by atoms with Gasteiger partial charge in [0.15, 0.2) is 11.6 Å². The molecule has 2 N–H and O–H groups in total. The molecule has 2 heterocycles. The fraction of sp³-hybridized carbons (Fsp3) is 0.500. The summed E-state index contributed by atoms with van der Waals surface area (Å²) in [6, 6.07) is 6.41. The monoisotopic (exact) mass is 349 g/mol. The molecule has 3 rings (SSSR count). The molecule has 1 aromatic carbocycles. The van der Waals surface area contributed by atoms with Gasteiger partial charge in [-0.3, -0.25) is 0 Å². The largest absolute Gasteiger partial charge is 0.306 e. The maximum absolute atomic E-state index is 11.3. The Labute approximate surface area is 142 Å². The standard InChI is InChI=1S/C16H23N5O2S/c1-20-9-7-12(8-10-20)11-15-18-16(21(2)19-15)13-3-5-14(6-4-13)24(17,22)23/h3-6,12H,7-11H2,1-2H3,(H2,17,22,23). The summed E-state index contributed by atoms with van der Waals surface area (Å²) in [6.07, 6.45) is 3.23. The molecular formula is C16H23N5O2S. The molecule has 0 amide bonds. The second kappa shape index (κ2) is 6.62. The molecule has 1 aliphatic rings. The maximum Gasteiger partial charge on any atom is 0.238 e. The van der Waals surface area contributed by atoms with Gasteiger partial charge in [-0.25, -0.2) is 23.2 Å². The van der Waals surface area contributed by atoms with Crippen molar-refractivity contribution in [2.75, 3.05) is 20.1 Å². The SMILES string of the molecule is CN1CCC(Cc2nc(-c3ccc(S(N)(=O)=O)cc3)n(C)n2)CC1. The first-order chi connectivity index (χ1) is 11.3. The minimum Gasteiger partial charge on any atom is -0.306 e. The molecule has 0 bridgehead atoms. The second-order valence-corrected chi connectivity index (χ2v) is 8.06. The van der Waals surface area contributed by atoms with E-state index in [1.807, 2.05) is 7.05 Å². The van der Waals surface area contributed by atoms with E-state index in [-0.39, 0.29) is 4.90 Å². The van der Waals surface area contributed by atoms with Crippen LogP contribution in [0.2, 0.25) is 0 Å². The van der Waals surface area contributed by atoms with E-state index in [1.54, 1.807) is 16.8 Å². The van der Waals surface area contributed by atoms with Crippen LogP contribution < -0.4 is 5.14 Å². The van der Waals surface area contributed by atoms with Gasteiger partial charge in [-0.1, -0.05) is 0 Å². The zero-order valence-corrected chi connectivity index (χ0v) is 14.8. The van der Waals surface area contributed by atoms with E-state index in [9.17, 15) is 8.42 Å². The molecule has 0 spiro atoms. The third-order valence-corrected chi connectivity index (χ3v) is 5.49.